The van der Waals surface area contributed by atoms with Gasteiger partial charge in [0.15, 0.2) is 0 Å². The molecule has 0 bridgehead atoms. The lowest BCUT2D eigenvalue weighted by Crippen LogP contribution is -2.52. The van der Waals surface area contributed by atoms with Gasteiger partial charge in [-0.05, 0) is 25.2 Å². The Morgan fingerprint density at radius 2 is 2.24 bits per heavy atom. The van der Waals surface area contributed by atoms with Crippen molar-refractivity contribution in [2.75, 3.05) is 19.6 Å². The third-order valence-corrected chi connectivity index (χ3v) is 3.96. The van der Waals surface area contributed by atoms with E-state index < -0.39 is 0 Å². The molecule has 1 saturated carbocycles. The Bertz CT molecular complexity index is 319. The number of piperazine rings is 1. The molecule has 5 heteroatoms. The van der Waals surface area contributed by atoms with Crippen molar-refractivity contribution in [3.05, 3.63) is 0 Å². The zero-order valence-electron chi connectivity index (χ0n) is 10.3. The van der Waals surface area contributed by atoms with Crippen molar-refractivity contribution in [3.63, 3.8) is 0 Å². The molecule has 17 heavy (non-hydrogen) atoms. The van der Waals surface area contributed by atoms with Crippen LogP contribution in [0.1, 0.15) is 26.2 Å². The van der Waals surface area contributed by atoms with Gasteiger partial charge in [0, 0.05) is 25.0 Å². The highest BCUT2D eigenvalue weighted by Gasteiger charge is 2.33. The molecule has 0 radical (unpaired) electrons. The number of nitrogens with one attached hydrogen (secondary N) is 1. The second-order valence-corrected chi connectivity index (χ2v) is 5.26. The Morgan fingerprint density at radius 1 is 1.47 bits per heavy atom. The summed E-state index contributed by atoms with van der Waals surface area (Å²) in [4.78, 5) is 25.2. The van der Waals surface area contributed by atoms with Gasteiger partial charge >= 0.3 is 0 Å². The second-order valence-electron chi connectivity index (χ2n) is 5.26. The standard InChI is InChI=1S/C12H21N3O2/c1-8-2-3-9(6-10(8)13)12(17)15-5-4-14-11(16)7-15/h8-10H,2-7,13H2,1H3,(H,14,16). The maximum Gasteiger partial charge on any atom is 0.239 e. The lowest BCUT2D eigenvalue weighted by atomic mass is 9.79. The quantitative estimate of drug-likeness (QED) is 0.660. The molecule has 0 aromatic heterocycles. The summed E-state index contributed by atoms with van der Waals surface area (Å²) in [6, 6.07) is 0.122. The van der Waals surface area contributed by atoms with Crippen LogP contribution in [0, 0.1) is 11.8 Å². The molecular weight excluding hydrogens is 218 g/mol. The van der Waals surface area contributed by atoms with Crippen LogP contribution >= 0.6 is 0 Å². The second kappa shape index (κ2) is 5.04. The van der Waals surface area contributed by atoms with E-state index in [0.717, 1.165) is 19.3 Å². The lowest BCUT2D eigenvalue weighted by Gasteiger charge is -2.35. The van der Waals surface area contributed by atoms with Gasteiger partial charge in [0.05, 0.1) is 6.54 Å². The van der Waals surface area contributed by atoms with Crippen LogP contribution in [-0.4, -0.2) is 42.4 Å². The van der Waals surface area contributed by atoms with Crippen molar-refractivity contribution in [1.82, 2.24) is 10.2 Å². The molecule has 1 heterocycles. The minimum Gasteiger partial charge on any atom is -0.353 e. The van der Waals surface area contributed by atoms with Crippen LogP contribution in [0.5, 0.6) is 0 Å². The Morgan fingerprint density at radius 3 is 2.88 bits per heavy atom. The number of nitrogens with zero attached hydrogens (tertiary/aromatic N) is 1. The molecular formula is C12H21N3O2. The van der Waals surface area contributed by atoms with Crippen LogP contribution < -0.4 is 11.1 Å². The average Bonchev–Trinajstić information content (AvgIpc) is 2.32. The van der Waals surface area contributed by atoms with Gasteiger partial charge in [-0.2, -0.15) is 0 Å². The largest absolute Gasteiger partial charge is 0.353 e. The van der Waals surface area contributed by atoms with E-state index in [2.05, 4.69) is 12.2 Å². The Balaban J connectivity index is 1.93. The van der Waals surface area contributed by atoms with Crippen LogP contribution in [0.25, 0.3) is 0 Å². The minimum atomic E-state index is -0.0573. The van der Waals surface area contributed by atoms with Crippen molar-refractivity contribution in [3.8, 4) is 0 Å². The van der Waals surface area contributed by atoms with E-state index in [1.54, 1.807) is 4.90 Å². The Hall–Kier alpha value is -1.10. The molecule has 3 atom stereocenters. The van der Waals surface area contributed by atoms with Gasteiger partial charge in [-0.1, -0.05) is 6.92 Å². The predicted molar refractivity (Wildman–Crippen MR) is 64.1 cm³/mol. The van der Waals surface area contributed by atoms with Gasteiger partial charge in [0.1, 0.15) is 0 Å². The molecule has 3 unspecified atom stereocenters. The summed E-state index contributed by atoms with van der Waals surface area (Å²) in [5.74, 6) is 0.580. The first-order chi connectivity index (χ1) is 8.08. The SMILES string of the molecule is CC1CCC(C(=O)N2CCNC(=O)C2)CC1N. The Labute approximate surface area is 102 Å². The molecule has 5 nitrogen and oxygen atoms in total. The van der Waals surface area contributed by atoms with Crippen LogP contribution in [-0.2, 0) is 9.59 Å². The lowest BCUT2D eigenvalue weighted by molar-refractivity contribution is -0.142. The molecule has 0 aromatic carbocycles. The third-order valence-electron chi connectivity index (χ3n) is 3.96. The van der Waals surface area contributed by atoms with Crippen LogP contribution in [0.15, 0.2) is 0 Å². The first kappa shape index (κ1) is 12.4. The number of amides is 2. The third kappa shape index (κ3) is 2.77. The molecule has 0 aromatic rings. The molecule has 2 aliphatic rings. The molecule has 0 spiro atoms. The fourth-order valence-corrected chi connectivity index (χ4v) is 2.67. The molecule has 96 valence electrons. The molecule has 2 rings (SSSR count). The van der Waals surface area contributed by atoms with E-state index in [1.807, 2.05) is 0 Å². The van der Waals surface area contributed by atoms with Crippen molar-refractivity contribution < 1.29 is 9.59 Å². The van der Waals surface area contributed by atoms with Gasteiger partial charge in [0.2, 0.25) is 11.8 Å². The van der Waals surface area contributed by atoms with Crippen LogP contribution in [0.3, 0.4) is 0 Å². The summed E-state index contributed by atoms with van der Waals surface area (Å²) >= 11 is 0. The van der Waals surface area contributed by atoms with Gasteiger partial charge in [-0.3, -0.25) is 9.59 Å². The normalized spacial score (nSPS) is 34.4. The summed E-state index contributed by atoms with van der Waals surface area (Å²) in [5.41, 5.74) is 6.01. The van der Waals surface area contributed by atoms with Crippen molar-refractivity contribution in [2.45, 2.75) is 32.2 Å². The van der Waals surface area contributed by atoms with Gasteiger partial charge in [-0.25, -0.2) is 0 Å². The fourth-order valence-electron chi connectivity index (χ4n) is 2.67. The molecule has 1 aliphatic heterocycles. The molecule has 2 fully saturated rings. The number of carbonyl (C=O) groups is 2. The minimum absolute atomic E-state index is 0.0205. The smallest absolute Gasteiger partial charge is 0.239 e. The van der Waals surface area contributed by atoms with E-state index in [-0.39, 0.29) is 30.3 Å². The van der Waals surface area contributed by atoms with Gasteiger partial charge in [0.25, 0.3) is 0 Å². The molecule has 1 saturated heterocycles. The van der Waals surface area contributed by atoms with E-state index in [1.165, 1.54) is 0 Å². The maximum atomic E-state index is 12.2. The van der Waals surface area contributed by atoms with E-state index in [0.29, 0.717) is 19.0 Å². The highest BCUT2D eigenvalue weighted by atomic mass is 16.2. The zero-order valence-corrected chi connectivity index (χ0v) is 10.3. The predicted octanol–water partition coefficient (Wildman–Crippen LogP) is -0.292. The summed E-state index contributed by atoms with van der Waals surface area (Å²) in [6.07, 6.45) is 2.68. The van der Waals surface area contributed by atoms with Crippen LogP contribution in [0.2, 0.25) is 0 Å². The zero-order chi connectivity index (χ0) is 12.4. The van der Waals surface area contributed by atoms with Crippen molar-refractivity contribution in [1.29, 1.82) is 0 Å². The van der Waals surface area contributed by atoms with Gasteiger partial charge in [-0.15, -0.1) is 0 Å². The van der Waals surface area contributed by atoms with Crippen LogP contribution in [0.4, 0.5) is 0 Å². The number of hydrogen-bond donors (Lipinski definition) is 2. The molecule has 1 aliphatic carbocycles. The number of hydrogen-bond acceptors (Lipinski definition) is 3. The highest BCUT2D eigenvalue weighted by molar-refractivity contribution is 5.87. The topological polar surface area (TPSA) is 75.4 Å². The van der Waals surface area contributed by atoms with Gasteiger partial charge < -0.3 is 16.0 Å². The molecule has 3 N–H and O–H groups in total. The summed E-state index contributed by atoms with van der Waals surface area (Å²) in [5, 5.41) is 2.73. The van der Waals surface area contributed by atoms with Crippen molar-refractivity contribution >= 4 is 11.8 Å². The van der Waals surface area contributed by atoms with E-state index in [9.17, 15) is 9.59 Å². The van der Waals surface area contributed by atoms with E-state index >= 15 is 0 Å². The highest BCUT2D eigenvalue weighted by Crippen LogP contribution is 2.29. The fraction of sp³-hybridized carbons (Fsp3) is 0.833. The number of nitrogens with two attached hydrogens (primary N) is 1. The average molecular weight is 239 g/mol. The number of rotatable bonds is 1. The molecule has 2 amide bonds. The summed E-state index contributed by atoms with van der Waals surface area (Å²) in [7, 11) is 0. The first-order valence-corrected chi connectivity index (χ1v) is 6.39. The maximum absolute atomic E-state index is 12.2. The van der Waals surface area contributed by atoms with E-state index in [4.69, 9.17) is 5.73 Å². The van der Waals surface area contributed by atoms with Crippen molar-refractivity contribution in [2.24, 2.45) is 17.6 Å². The monoisotopic (exact) mass is 239 g/mol. The summed E-state index contributed by atoms with van der Waals surface area (Å²) < 4.78 is 0. The summed E-state index contributed by atoms with van der Waals surface area (Å²) in [6.45, 7) is 3.55. The Kier molecular flexibility index (Phi) is 3.66. The number of carbonyl (C=O) groups excluding carboxylic acids is 2. The first-order valence-electron chi connectivity index (χ1n) is 6.39.